The number of aryl methyl sites for hydroxylation is 1. The molecule has 0 saturated carbocycles. The summed E-state index contributed by atoms with van der Waals surface area (Å²) in [4.78, 5) is 11.2. The highest BCUT2D eigenvalue weighted by atomic mass is 16.5. The van der Waals surface area contributed by atoms with Gasteiger partial charge in [-0.05, 0) is 44.0 Å². The molecule has 0 fully saturated rings. The molecule has 0 radical (unpaired) electrons. The Morgan fingerprint density at radius 1 is 1.35 bits per heavy atom. The number of rotatable bonds is 3. The van der Waals surface area contributed by atoms with Crippen LogP contribution in [0.25, 0.3) is 11.0 Å². The van der Waals surface area contributed by atoms with Crippen molar-refractivity contribution in [1.82, 2.24) is 0 Å². The van der Waals surface area contributed by atoms with Gasteiger partial charge in [-0.3, -0.25) is 0 Å². The van der Waals surface area contributed by atoms with Crippen molar-refractivity contribution in [3.05, 3.63) is 40.2 Å². The van der Waals surface area contributed by atoms with Crippen molar-refractivity contribution in [1.29, 1.82) is 0 Å². The molecule has 17 heavy (non-hydrogen) atoms. The highest BCUT2D eigenvalue weighted by molar-refractivity contribution is 5.81. The maximum Gasteiger partial charge on any atom is 0.336 e. The van der Waals surface area contributed by atoms with Gasteiger partial charge in [0, 0.05) is 11.5 Å². The number of benzene rings is 1. The van der Waals surface area contributed by atoms with E-state index in [1.165, 1.54) is 6.07 Å². The van der Waals surface area contributed by atoms with Crippen molar-refractivity contribution in [2.75, 3.05) is 0 Å². The lowest BCUT2D eigenvalue weighted by atomic mass is 10.1. The Morgan fingerprint density at radius 2 is 2.12 bits per heavy atom. The predicted molar refractivity (Wildman–Crippen MR) is 67.6 cm³/mol. The predicted octanol–water partition coefficient (Wildman–Crippen LogP) is 3.28. The first-order valence-electron chi connectivity index (χ1n) is 5.81. The molecule has 1 unspecified atom stereocenters. The summed E-state index contributed by atoms with van der Waals surface area (Å²) in [7, 11) is 0. The summed E-state index contributed by atoms with van der Waals surface area (Å²) in [6, 6.07) is 7.02. The summed E-state index contributed by atoms with van der Waals surface area (Å²) in [5.41, 5.74) is 1.20. The zero-order chi connectivity index (χ0) is 12.4. The fourth-order valence-electron chi connectivity index (χ4n) is 1.69. The van der Waals surface area contributed by atoms with E-state index >= 15 is 0 Å². The van der Waals surface area contributed by atoms with Crippen LogP contribution in [0.2, 0.25) is 0 Å². The molecule has 1 heterocycles. The van der Waals surface area contributed by atoms with Crippen LogP contribution in [-0.4, -0.2) is 6.10 Å². The van der Waals surface area contributed by atoms with Gasteiger partial charge in [0.15, 0.2) is 0 Å². The first kappa shape index (κ1) is 11.7. The van der Waals surface area contributed by atoms with Crippen LogP contribution in [0.15, 0.2) is 33.5 Å². The van der Waals surface area contributed by atoms with E-state index in [9.17, 15) is 4.79 Å². The first-order chi connectivity index (χ1) is 8.10. The normalized spacial score (nSPS) is 12.6. The van der Waals surface area contributed by atoms with Crippen LogP contribution in [0, 0.1) is 6.92 Å². The molecule has 0 bridgehead atoms. The molecule has 0 N–H and O–H groups in total. The average Bonchev–Trinajstić information content (AvgIpc) is 2.29. The average molecular weight is 232 g/mol. The Morgan fingerprint density at radius 3 is 2.82 bits per heavy atom. The standard InChI is InChI=1S/C14H16O3/c1-4-10(3)16-11-5-6-13-12(8-11)9(2)7-14(15)17-13/h5-8,10H,4H2,1-3H3. The SMILES string of the molecule is CCC(C)Oc1ccc2oc(=O)cc(C)c2c1. The molecule has 1 atom stereocenters. The molecule has 2 aromatic rings. The maximum atomic E-state index is 11.2. The largest absolute Gasteiger partial charge is 0.491 e. The van der Waals surface area contributed by atoms with Gasteiger partial charge in [-0.1, -0.05) is 6.92 Å². The Labute approximate surface area is 100 Å². The smallest absolute Gasteiger partial charge is 0.336 e. The van der Waals surface area contributed by atoms with Crippen molar-refractivity contribution in [3.63, 3.8) is 0 Å². The molecule has 0 spiro atoms. The molecule has 0 aliphatic rings. The van der Waals surface area contributed by atoms with Gasteiger partial charge in [0.05, 0.1) is 6.10 Å². The second-order valence-electron chi connectivity index (χ2n) is 4.24. The first-order valence-corrected chi connectivity index (χ1v) is 5.81. The van der Waals surface area contributed by atoms with Crippen molar-refractivity contribution in [2.24, 2.45) is 0 Å². The molecule has 3 heteroatoms. The molecule has 3 nitrogen and oxygen atoms in total. The topological polar surface area (TPSA) is 39.4 Å². The highest BCUT2D eigenvalue weighted by Crippen LogP contribution is 2.23. The third-order valence-corrected chi connectivity index (χ3v) is 2.83. The van der Waals surface area contributed by atoms with E-state index < -0.39 is 0 Å². The third-order valence-electron chi connectivity index (χ3n) is 2.83. The van der Waals surface area contributed by atoms with Crippen LogP contribution >= 0.6 is 0 Å². The third kappa shape index (κ3) is 2.49. The lowest BCUT2D eigenvalue weighted by Crippen LogP contribution is -2.09. The van der Waals surface area contributed by atoms with Crippen molar-refractivity contribution < 1.29 is 9.15 Å². The summed E-state index contributed by atoms with van der Waals surface area (Å²) >= 11 is 0. The van der Waals surface area contributed by atoms with Gasteiger partial charge in [0.2, 0.25) is 0 Å². The lowest BCUT2D eigenvalue weighted by Gasteiger charge is -2.13. The number of hydrogen-bond acceptors (Lipinski definition) is 3. The second kappa shape index (κ2) is 4.62. The molecule has 2 rings (SSSR count). The van der Waals surface area contributed by atoms with Crippen LogP contribution in [0.4, 0.5) is 0 Å². The number of fused-ring (bicyclic) bond motifs is 1. The minimum atomic E-state index is -0.314. The Hall–Kier alpha value is -1.77. The molecule has 0 aliphatic heterocycles. The zero-order valence-corrected chi connectivity index (χ0v) is 10.3. The minimum absolute atomic E-state index is 0.184. The fourth-order valence-corrected chi connectivity index (χ4v) is 1.69. The van der Waals surface area contributed by atoms with Gasteiger partial charge in [-0.2, -0.15) is 0 Å². The summed E-state index contributed by atoms with van der Waals surface area (Å²) in [5, 5.41) is 0.922. The van der Waals surface area contributed by atoms with Crippen molar-refractivity contribution in [3.8, 4) is 5.75 Å². The summed E-state index contributed by atoms with van der Waals surface area (Å²) < 4.78 is 10.9. The van der Waals surface area contributed by atoms with E-state index in [1.807, 2.05) is 26.0 Å². The molecule has 1 aromatic heterocycles. The summed E-state index contributed by atoms with van der Waals surface area (Å²) in [6.07, 6.45) is 1.14. The molecule has 0 saturated heterocycles. The fraction of sp³-hybridized carbons (Fsp3) is 0.357. The van der Waals surface area contributed by atoms with Crippen molar-refractivity contribution >= 4 is 11.0 Å². The van der Waals surface area contributed by atoms with Gasteiger partial charge >= 0.3 is 5.63 Å². The van der Waals surface area contributed by atoms with Gasteiger partial charge in [-0.15, -0.1) is 0 Å². The number of ether oxygens (including phenoxy) is 1. The molecule has 0 amide bonds. The van der Waals surface area contributed by atoms with E-state index in [1.54, 1.807) is 6.07 Å². The second-order valence-corrected chi connectivity index (χ2v) is 4.24. The van der Waals surface area contributed by atoms with Crippen LogP contribution in [0.5, 0.6) is 5.75 Å². The minimum Gasteiger partial charge on any atom is -0.491 e. The van der Waals surface area contributed by atoms with Crippen LogP contribution < -0.4 is 10.4 Å². The molecule has 90 valence electrons. The maximum absolute atomic E-state index is 11.2. The van der Waals surface area contributed by atoms with Gasteiger partial charge in [0.25, 0.3) is 0 Å². The van der Waals surface area contributed by atoms with Gasteiger partial charge < -0.3 is 9.15 Å². The Balaban J connectivity index is 2.47. The Kier molecular flexibility index (Phi) is 3.18. The van der Waals surface area contributed by atoms with Crippen molar-refractivity contribution in [2.45, 2.75) is 33.3 Å². The van der Waals surface area contributed by atoms with Crippen LogP contribution in [0.3, 0.4) is 0 Å². The highest BCUT2D eigenvalue weighted by Gasteiger charge is 2.06. The summed E-state index contributed by atoms with van der Waals surface area (Å²) in [5.74, 6) is 0.809. The van der Waals surface area contributed by atoms with Gasteiger partial charge in [0.1, 0.15) is 11.3 Å². The van der Waals surface area contributed by atoms with E-state index in [2.05, 4.69) is 6.92 Å². The van der Waals surface area contributed by atoms with Crippen LogP contribution in [0.1, 0.15) is 25.8 Å². The summed E-state index contributed by atoms with van der Waals surface area (Å²) in [6.45, 7) is 6.00. The monoisotopic (exact) mass is 232 g/mol. The zero-order valence-electron chi connectivity index (χ0n) is 10.3. The molecule has 1 aromatic carbocycles. The quantitative estimate of drug-likeness (QED) is 0.762. The Bertz CT molecular complexity index is 584. The number of hydrogen-bond donors (Lipinski definition) is 0. The molecule has 0 aliphatic carbocycles. The van der Waals surface area contributed by atoms with E-state index in [0.29, 0.717) is 5.58 Å². The van der Waals surface area contributed by atoms with E-state index in [-0.39, 0.29) is 11.7 Å². The lowest BCUT2D eigenvalue weighted by molar-refractivity contribution is 0.217. The van der Waals surface area contributed by atoms with Crippen LogP contribution in [-0.2, 0) is 0 Å². The molecular formula is C14H16O3. The molecular weight excluding hydrogens is 216 g/mol. The van der Waals surface area contributed by atoms with E-state index in [4.69, 9.17) is 9.15 Å². The van der Waals surface area contributed by atoms with Gasteiger partial charge in [-0.25, -0.2) is 4.79 Å². The van der Waals surface area contributed by atoms with E-state index in [0.717, 1.165) is 23.1 Å².